The predicted octanol–water partition coefficient (Wildman–Crippen LogP) is 4.90. The molecule has 0 radical (unpaired) electrons. The number of hydrazone groups is 1. The van der Waals surface area contributed by atoms with Gasteiger partial charge in [0, 0.05) is 5.69 Å². The molecule has 4 nitrogen and oxygen atoms in total. The van der Waals surface area contributed by atoms with E-state index in [1.165, 1.54) is 16.1 Å². The average molecular weight is 355 g/mol. The molecule has 0 saturated heterocycles. The zero-order valence-electron chi connectivity index (χ0n) is 15.4. The largest absolute Gasteiger partial charge is 0.359 e. The minimum absolute atomic E-state index is 0.113. The molecule has 3 aromatic carbocycles. The minimum Gasteiger partial charge on any atom is -0.359 e. The van der Waals surface area contributed by atoms with Gasteiger partial charge in [-0.25, -0.2) is 5.01 Å². The summed E-state index contributed by atoms with van der Waals surface area (Å²) >= 11 is 0. The second-order valence-electron chi connectivity index (χ2n) is 6.81. The second kappa shape index (κ2) is 7.08. The lowest BCUT2D eigenvalue weighted by atomic mass is 10.0. The second-order valence-corrected chi connectivity index (χ2v) is 6.81. The number of para-hydroxylation sites is 1. The zero-order valence-corrected chi connectivity index (χ0v) is 15.4. The molecule has 0 bridgehead atoms. The van der Waals surface area contributed by atoms with Gasteiger partial charge in [0.15, 0.2) is 6.17 Å². The van der Waals surface area contributed by atoms with Gasteiger partial charge in [0.1, 0.15) is 0 Å². The fourth-order valence-electron chi connectivity index (χ4n) is 3.12. The Hall–Kier alpha value is -3.40. The van der Waals surface area contributed by atoms with Crippen LogP contribution in [-0.2, 0) is 0 Å². The molecule has 27 heavy (non-hydrogen) atoms. The molecule has 0 saturated carbocycles. The van der Waals surface area contributed by atoms with Crippen LogP contribution in [0.4, 0.5) is 5.69 Å². The Morgan fingerprint density at radius 2 is 1.52 bits per heavy atom. The summed E-state index contributed by atoms with van der Waals surface area (Å²) in [6.45, 7) is 4.09. The molecule has 1 atom stereocenters. The van der Waals surface area contributed by atoms with Gasteiger partial charge in [0.25, 0.3) is 5.91 Å². The number of anilines is 1. The number of benzene rings is 3. The molecule has 134 valence electrons. The number of hydrogen-bond acceptors (Lipinski definition) is 3. The number of carbonyl (C=O) groups excluding carboxylic acids is 1. The van der Waals surface area contributed by atoms with Gasteiger partial charge in [-0.15, -0.1) is 0 Å². The third kappa shape index (κ3) is 3.47. The highest BCUT2D eigenvalue weighted by molar-refractivity contribution is 6.02. The van der Waals surface area contributed by atoms with Gasteiger partial charge in [0.05, 0.1) is 11.8 Å². The SMILES string of the molecule is Cc1ccc(/C=N\N2C(=O)c3ccccc3N[C@H]2c2ccc(C)cc2)cc1. The molecular weight excluding hydrogens is 334 g/mol. The maximum Gasteiger partial charge on any atom is 0.278 e. The molecule has 1 aliphatic rings. The summed E-state index contributed by atoms with van der Waals surface area (Å²) in [5.74, 6) is -0.113. The Morgan fingerprint density at radius 1 is 0.889 bits per heavy atom. The van der Waals surface area contributed by atoms with Crippen molar-refractivity contribution in [3.8, 4) is 0 Å². The van der Waals surface area contributed by atoms with Crippen LogP contribution in [0.2, 0.25) is 0 Å². The highest BCUT2D eigenvalue weighted by Gasteiger charge is 2.32. The van der Waals surface area contributed by atoms with Crippen molar-refractivity contribution in [1.29, 1.82) is 0 Å². The standard InChI is InChI=1S/C23H21N3O/c1-16-7-11-18(12-8-16)15-24-26-22(19-13-9-17(2)10-14-19)25-21-6-4-3-5-20(21)23(26)27/h3-15,22,25H,1-2H3/b24-15-/t22-/m1/s1. The maximum atomic E-state index is 13.1. The van der Waals surface area contributed by atoms with Crippen LogP contribution < -0.4 is 5.32 Å². The molecule has 4 rings (SSSR count). The van der Waals surface area contributed by atoms with E-state index in [2.05, 4.69) is 10.4 Å². The zero-order chi connectivity index (χ0) is 18.8. The third-order valence-electron chi connectivity index (χ3n) is 4.70. The highest BCUT2D eigenvalue weighted by Crippen LogP contribution is 2.33. The van der Waals surface area contributed by atoms with E-state index in [9.17, 15) is 4.79 Å². The molecule has 1 heterocycles. The van der Waals surface area contributed by atoms with E-state index in [1.807, 2.05) is 86.6 Å². The van der Waals surface area contributed by atoms with Crippen molar-refractivity contribution >= 4 is 17.8 Å². The maximum absolute atomic E-state index is 13.1. The number of hydrogen-bond donors (Lipinski definition) is 1. The molecule has 0 spiro atoms. The molecule has 1 N–H and O–H groups in total. The summed E-state index contributed by atoms with van der Waals surface area (Å²) in [7, 11) is 0. The first-order valence-corrected chi connectivity index (χ1v) is 8.98. The van der Waals surface area contributed by atoms with Crippen molar-refractivity contribution in [2.24, 2.45) is 5.10 Å². The van der Waals surface area contributed by atoms with Crippen LogP contribution in [0.3, 0.4) is 0 Å². The molecule has 1 aliphatic heterocycles. The van der Waals surface area contributed by atoms with Gasteiger partial charge < -0.3 is 5.32 Å². The monoisotopic (exact) mass is 355 g/mol. The molecule has 0 aliphatic carbocycles. The first-order chi connectivity index (χ1) is 13.1. The number of nitrogens with zero attached hydrogens (tertiary/aromatic N) is 2. The summed E-state index contributed by atoms with van der Waals surface area (Å²) < 4.78 is 0. The molecule has 4 heteroatoms. The van der Waals surface area contributed by atoms with Crippen LogP contribution in [0.15, 0.2) is 77.9 Å². The van der Waals surface area contributed by atoms with Crippen molar-refractivity contribution in [3.63, 3.8) is 0 Å². The van der Waals surface area contributed by atoms with E-state index >= 15 is 0 Å². The average Bonchev–Trinajstić information content (AvgIpc) is 2.69. The summed E-state index contributed by atoms with van der Waals surface area (Å²) in [5, 5.41) is 9.51. The Balaban J connectivity index is 1.73. The van der Waals surface area contributed by atoms with Gasteiger partial charge in [-0.05, 0) is 37.1 Å². The first-order valence-electron chi connectivity index (χ1n) is 8.98. The van der Waals surface area contributed by atoms with E-state index < -0.39 is 0 Å². The van der Waals surface area contributed by atoms with Crippen LogP contribution in [0.5, 0.6) is 0 Å². The summed E-state index contributed by atoms with van der Waals surface area (Å²) in [5.41, 5.74) is 5.77. The molecule has 3 aromatic rings. The highest BCUT2D eigenvalue weighted by atomic mass is 16.2. The number of aryl methyl sites for hydroxylation is 2. The Morgan fingerprint density at radius 3 is 2.22 bits per heavy atom. The first kappa shape index (κ1) is 17.0. The van der Waals surface area contributed by atoms with Crippen molar-refractivity contribution in [3.05, 3.63) is 101 Å². The molecule has 0 fully saturated rings. The lowest BCUT2D eigenvalue weighted by molar-refractivity contribution is 0.0691. The number of amides is 1. The predicted molar refractivity (Wildman–Crippen MR) is 109 cm³/mol. The minimum atomic E-state index is -0.352. The number of rotatable bonds is 3. The van der Waals surface area contributed by atoms with Crippen LogP contribution >= 0.6 is 0 Å². The van der Waals surface area contributed by atoms with Gasteiger partial charge in [-0.2, -0.15) is 5.10 Å². The molecule has 0 aromatic heterocycles. The van der Waals surface area contributed by atoms with Crippen LogP contribution in [-0.4, -0.2) is 17.1 Å². The molecular formula is C23H21N3O. The van der Waals surface area contributed by atoms with Crippen molar-refractivity contribution in [1.82, 2.24) is 5.01 Å². The van der Waals surface area contributed by atoms with E-state index in [-0.39, 0.29) is 12.1 Å². The number of nitrogens with one attached hydrogen (secondary N) is 1. The fraction of sp³-hybridized carbons (Fsp3) is 0.130. The van der Waals surface area contributed by atoms with E-state index in [0.717, 1.165) is 16.8 Å². The summed E-state index contributed by atoms with van der Waals surface area (Å²) in [6, 6.07) is 23.8. The number of fused-ring (bicyclic) bond motifs is 1. The van der Waals surface area contributed by atoms with Crippen LogP contribution in [0.25, 0.3) is 0 Å². The van der Waals surface area contributed by atoms with E-state index in [4.69, 9.17) is 0 Å². The van der Waals surface area contributed by atoms with E-state index in [0.29, 0.717) is 5.56 Å². The van der Waals surface area contributed by atoms with Gasteiger partial charge in [-0.3, -0.25) is 4.79 Å². The normalized spacial score (nSPS) is 16.3. The Labute approximate surface area is 159 Å². The topological polar surface area (TPSA) is 44.7 Å². The Bertz CT molecular complexity index is 991. The van der Waals surface area contributed by atoms with Gasteiger partial charge in [0.2, 0.25) is 0 Å². The van der Waals surface area contributed by atoms with Gasteiger partial charge >= 0.3 is 0 Å². The van der Waals surface area contributed by atoms with Crippen LogP contribution in [0, 0.1) is 13.8 Å². The lowest BCUT2D eigenvalue weighted by Crippen LogP contribution is -2.39. The van der Waals surface area contributed by atoms with Gasteiger partial charge in [-0.1, -0.05) is 71.8 Å². The molecule has 1 amide bonds. The van der Waals surface area contributed by atoms with Crippen molar-refractivity contribution in [2.45, 2.75) is 20.0 Å². The lowest BCUT2D eigenvalue weighted by Gasteiger charge is -2.34. The van der Waals surface area contributed by atoms with Crippen LogP contribution in [0.1, 0.15) is 38.8 Å². The van der Waals surface area contributed by atoms with Crippen molar-refractivity contribution < 1.29 is 4.79 Å². The van der Waals surface area contributed by atoms with E-state index in [1.54, 1.807) is 6.21 Å². The summed E-state index contributed by atoms with van der Waals surface area (Å²) in [4.78, 5) is 13.1. The Kier molecular flexibility index (Phi) is 4.47. The smallest absolute Gasteiger partial charge is 0.278 e. The van der Waals surface area contributed by atoms with Crippen molar-refractivity contribution in [2.75, 3.05) is 5.32 Å². The summed E-state index contributed by atoms with van der Waals surface area (Å²) in [6.07, 6.45) is 1.38. The molecule has 0 unspecified atom stereocenters. The number of carbonyl (C=O) groups is 1. The fourth-order valence-corrected chi connectivity index (χ4v) is 3.12. The quantitative estimate of drug-likeness (QED) is 0.679. The third-order valence-corrected chi connectivity index (χ3v) is 4.70.